The third-order valence-electron chi connectivity index (χ3n) is 7.26. The Hall–Kier alpha value is -2.22. The number of rotatable bonds is 5. The zero-order chi connectivity index (χ0) is 19.6. The summed E-state index contributed by atoms with van der Waals surface area (Å²) in [6.45, 7) is 3.04. The molecule has 3 aliphatic rings. The average molecular weight is 388 g/mol. The summed E-state index contributed by atoms with van der Waals surface area (Å²) in [5.41, 5.74) is 5.41. The van der Waals surface area contributed by atoms with Gasteiger partial charge in [0, 0.05) is 11.6 Å². The van der Waals surface area contributed by atoms with Crippen LogP contribution in [-0.2, 0) is 0 Å². The van der Waals surface area contributed by atoms with Crippen LogP contribution < -0.4 is 10.1 Å². The molecular formula is C27H33NO. The molecule has 29 heavy (non-hydrogen) atoms. The van der Waals surface area contributed by atoms with Gasteiger partial charge < -0.3 is 10.1 Å². The molecule has 2 aromatic carbocycles. The van der Waals surface area contributed by atoms with E-state index in [9.17, 15) is 0 Å². The number of hydrogen-bond donors (Lipinski definition) is 1. The fourth-order valence-electron chi connectivity index (χ4n) is 5.68. The van der Waals surface area contributed by atoms with Gasteiger partial charge in [0.15, 0.2) is 0 Å². The zero-order valence-corrected chi connectivity index (χ0v) is 17.6. The van der Waals surface area contributed by atoms with Crippen LogP contribution in [0.1, 0.15) is 73.6 Å². The molecule has 0 aromatic heterocycles. The lowest BCUT2D eigenvalue weighted by atomic mass is 9.77. The van der Waals surface area contributed by atoms with Crippen molar-refractivity contribution in [1.29, 1.82) is 0 Å². The monoisotopic (exact) mass is 387 g/mol. The van der Waals surface area contributed by atoms with Crippen molar-refractivity contribution < 1.29 is 4.74 Å². The van der Waals surface area contributed by atoms with Crippen LogP contribution in [0.5, 0.6) is 5.75 Å². The summed E-state index contributed by atoms with van der Waals surface area (Å²) in [6, 6.07) is 16.0. The molecule has 3 atom stereocenters. The Morgan fingerprint density at radius 1 is 1.03 bits per heavy atom. The van der Waals surface area contributed by atoms with Gasteiger partial charge in [0.1, 0.15) is 5.75 Å². The maximum absolute atomic E-state index is 6.20. The van der Waals surface area contributed by atoms with Crippen LogP contribution >= 0.6 is 0 Å². The highest BCUT2D eigenvalue weighted by atomic mass is 16.5. The van der Waals surface area contributed by atoms with E-state index < -0.39 is 0 Å². The molecule has 2 nitrogen and oxygen atoms in total. The van der Waals surface area contributed by atoms with E-state index in [2.05, 4.69) is 66.9 Å². The van der Waals surface area contributed by atoms with Crippen LogP contribution in [0.4, 0.5) is 5.69 Å². The first-order chi connectivity index (χ1) is 14.3. The SMILES string of the molecule is Cc1cccc(C2Nc3ccc(OCCC4CCCCC4)cc3C3C=CCC32)c1. The molecular weight excluding hydrogens is 354 g/mol. The molecule has 2 aliphatic carbocycles. The zero-order valence-electron chi connectivity index (χ0n) is 17.6. The first-order valence-electron chi connectivity index (χ1n) is 11.5. The van der Waals surface area contributed by atoms with Crippen molar-refractivity contribution >= 4 is 5.69 Å². The lowest BCUT2D eigenvalue weighted by Crippen LogP contribution is -2.29. The minimum absolute atomic E-state index is 0.375. The minimum atomic E-state index is 0.375. The Balaban J connectivity index is 1.32. The van der Waals surface area contributed by atoms with Crippen molar-refractivity contribution in [2.45, 2.75) is 63.8 Å². The molecule has 3 unspecified atom stereocenters. The van der Waals surface area contributed by atoms with Gasteiger partial charge in [-0.3, -0.25) is 0 Å². The molecule has 1 saturated carbocycles. The number of hydrogen-bond acceptors (Lipinski definition) is 2. The van der Waals surface area contributed by atoms with Gasteiger partial charge in [-0.05, 0) is 60.9 Å². The molecule has 0 amide bonds. The van der Waals surface area contributed by atoms with Crippen LogP contribution in [0.3, 0.4) is 0 Å². The summed E-state index contributed by atoms with van der Waals surface area (Å²) in [4.78, 5) is 0. The van der Waals surface area contributed by atoms with Crippen LogP contribution in [0.15, 0.2) is 54.6 Å². The Morgan fingerprint density at radius 2 is 1.93 bits per heavy atom. The van der Waals surface area contributed by atoms with E-state index in [4.69, 9.17) is 4.74 Å². The summed E-state index contributed by atoms with van der Waals surface area (Å²) in [7, 11) is 0. The molecule has 0 spiro atoms. The van der Waals surface area contributed by atoms with Gasteiger partial charge in [0.2, 0.25) is 0 Å². The number of nitrogens with one attached hydrogen (secondary N) is 1. The van der Waals surface area contributed by atoms with E-state index in [1.807, 2.05) is 0 Å². The topological polar surface area (TPSA) is 21.3 Å². The number of fused-ring (bicyclic) bond motifs is 3. The average Bonchev–Trinajstić information content (AvgIpc) is 3.24. The molecule has 2 aromatic rings. The second kappa shape index (κ2) is 8.26. The van der Waals surface area contributed by atoms with Crippen molar-refractivity contribution in [2.75, 3.05) is 11.9 Å². The first-order valence-corrected chi connectivity index (χ1v) is 11.5. The number of ether oxygens (including phenoxy) is 1. The molecule has 1 aliphatic heterocycles. The van der Waals surface area contributed by atoms with Crippen molar-refractivity contribution in [3.05, 3.63) is 71.3 Å². The van der Waals surface area contributed by atoms with Gasteiger partial charge in [-0.15, -0.1) is 0 Å². The van der Waals surface area contributed by atoms with Crippen LogP contribution in [0, 0.1) is 18.8 Å². The molecule has 0 saturated heterocycles. The summed E-state index contributed by atoms with van der Waals surface area (Å²) in [6.07, 6.45) is 14.2. The van der Waals surface area contributed by atoms with Gasteiger partial charge >= 0.3 is 0 Å². The molecule has 0 radical (unpaired) electrons. The van der Waals surface area contributed by atoms with Crippen molar-refractivity contribution in [2.24, 2.45) is 11.8 Å². The maximum atomic E-state index is 6.20. The predicted octanol–water partition coefficient (Wildman–Crippen LogP) is 7.17. The summed E-state index contributed by atoms with van der Waals surface area (Å²) >= 11 is 0. The molecule has 152 valence electrons. The molecule has 1 N–H and O–H groups in total. The molecule has 1 fully saturated rings. The number of aryl methyl sites for hydroxylation is 1. The quantitative estimate of drug-likeness (QED) is 0.549. The van der Waals surface area contributed by atoms with Crippen molar-refractivity contribution in [3.63, 3.8) is 0 Å². The largest absolute Gasteiger partial charge is 0.494 e. The Kier molecular flexibility index (Phi) is 5.35. The standard InChI is InChI=1S/C27H33NO/c1-19-7-5-10-21(17-19)27-24-12-6-11-23(24)25-18-22(13-14-26(25)28-27)29-16-15-20-8-3-2-4-9-20/h5-7,10-11,13-14,17-18,20,23-24,27-28H,2-4,8-9,12,15-16H2,1H3. The molecule has 2 heteroatoms. The normalized spacial score (nSPS) is 25.9. The Bertz CT molecular complexity index is 880. The minimum Gasteiger partial charge on any atom is -0.494 e. The third kappa shape index (κ3) is 3.95. The number of anilines is 1. The second-order valence-electron chi connectivity index (χ2n) is 9.28. The van der Waals surface area contributed by atoms with E-state index in [-0.39, 0.29) is 0 Å². The van der Waals surface area contributed by atoms with E-state index in [1.165, 1.54) is 60.9 Å². The fraction of sp³-hybridized carbons (Fsp3) is 0.481. The van der Waals surface area contributed by atoms with E-state index >= 15 is 0 Å². The summed E-state index contributed by atoms with van der Waals surface area (Å²) < 4.78 is 6.20. The van der Waals surface area contributed by atoms with Gasteiger partial charge in [0.25, 0.3) is 0 Å². The Morgan fingerprint density at radius 3 is 2.79 bits per heavy atom. The molecule has 5 rings (SSSR count). The van der Waals surface area contributed by atoms with E-state index in [0.717, 1.165) is 24.7 Å². The van der Waals surface area contributed by atoms with E-state index in [1.54, 1.807) is 0 Å². The predicted molar refractivity (Wildman–Crippen MR) is 121 cm³/mol. The highest BCUT2D eigenvalue weighted by molar-refractivity contribution is 5.61. The lowest BCUT2D eigenvalue weighted by Gasteiger charge is -2.37. The molecule has 1 heterocycles. The van der Waals surface area contributed by atoms with Crippen LogP contribution in [0.25, 0.3) is 0 Å². The van der Waals surface area contributed by atoms with Crippen LogP contribution in [0.2, 0.25) is 0 Å². The lowest BCUT2D eigenvalue weighted by molar-refractivity contribution is 0.246. The third-order valence-corrected chi connectivity index (χ3v) is 7.26. The van der Waals surface area contributed by atoms with Crippen molar-refractivity contribution in [1.82, 2.24) is 0 Å². The Labute approximate surface area is 175 Å². The van der Waals surface area contributed by atoms with Gasteiger partial charge in [-0.2, -0.15) is 0 Å². The first kappa shape index (κ1) is 18.8. The van der Waals surface area contributed by atoms with Crippen LogP contribution in [-0.4, -0.2) is 6.61 Å². The maximum Gasteiger partial charge on any atom is 0.119 e. The smallest absolute Gasteiger partial charge is 0.119 e. The van der Waals surface area contributed by atoms with Gasteiger partial charge in [-0.25, -0.2) is 0 Å². The number of benzene rings is 2. The highest BCUT2D eigenvalue weighted by Crippen LogP contribution is 2.50. The number of allylic oxidation sites excluding steroid dienone is 2. The molecule has 0 bridgehead atoms. The van der Waals surface area contributed by atoms with Crippen molar-refractivity contribution in [3.8, 4) is 5.75 Å². The second-order valence-corrected chi connectivity index (χ2v) is 9.28. The highest BCUT2D eigenvalue weighted by Gasteiger charge is 2.38. The summed E-state index contributed by atoms with van der Waals surface area (Å²) in [5, 5.41) is 3.85. The fourth-order valence-corrected chi connectivity index (χ4v) is 5.68. The summed E-state index contributed by atoms with van der Waals surface area (Å²) in [5.74, 6) is 2.98. The van der Waals surface area contributed by atoms with E-state index in [0.29, 0.717) is 17.9 Å². The van der Waals surface area contributed by atoms with Gasteiger partial charge in [-0.1, -0.05) is 74.1 Å². The van der Waals surface area contributed by atoms with Gasteiger partial charge in [0.05, 0.1) is 12.6 Å².